The van der Waals surface area contributed by atoms with Gasteiger partial charge in [0.1, 0.15) is 5.75 Å². The maximum Gasteiger partial charge on any atom is 0.123 e. The van der Waals surface area contributed by atoms with Gasteiger partial charge in [0, 0.05) is 23.2 Å². The Labute approximate surface area is 115 Å². The van der Waals surface area contributed by atoms with Crippen LogP contribution in [0.25, 0.3) is 0 Å². The normalized spacial score (nSPS) is 22.1. The highest BCUT2D eigenvalue weighted by Crippen LogP contribution is 2.37. The summed E-state index contributed by atoms with van der Waals surface area (Å²) in [5, 5.41) is 4.38. The Balaban J connectivity index is 1.96. The van der Waals surface area contributed by atoms with E-state index in [-0.39, 0.29) is 0 Å². The first-order chi connectivity index (χ1) is 8.50. The summed E-state index contributed by atoms with van der Waals surface area (Å²) in [6.45, 7) is 5.51. The summed E-state index contributed by atoms with van der Waals surface area (Å²) in [5.74, 6) is 0.907. The van der Waals surface area contributed by atoms with Crippen LogP contribution in [0.15, 0.2) is 18.2 Å². The Morgan fingerprint density at radius 2 is 2.22 bits per heavy atom. The molecule has 0 heterocycles. The lowest BCUT2D eigenvalue weighted by atomic mass is 9.92. The van der Waals surface area contributed by atoms with Gasteiger partial charge in [0.15, 0.2) is 0 Å². The Bertz CT molecular complexity index is 417. The fourth-order valence-electron chi connectivity index (χ4n) is 2.75. The van der Waals surface area contributed by atoms with Crippen molar-refractivity contribution in [2.75, 3.05) is 7.11 Å². The van der Waals surface area contributed by atoms with E-state index in [4.69, 9.17) is 16.3 Å². The van der Waals surface area contributed by atoms with E-state index < -0.39 is 0 Å². The van der Waals surface area contributed by atoms with Crippen LogP contribution in [0.3, 0.4) is 0 Å². The second-order valence-electron chi connectivity index (χ2n) is 5.94. The highest BCUT2D eigenvalue weighted by Gasteiger charge is 2.30. The fraction of sp³-hybridized carbons (Fsp3) is 0.600. The molecule has 1 N–H and O–H groups in total. The van der Waals surface area contributed by atoms with E-state index in [1.807, 2.05) is 18.2 Å². The molecule has 0 aromatic heterocycles. The van der Waals surface area contributed by atoms with Crippen LogP contribution in [0.5, 0.6) is 5.75 Å². The van der Waals surface area contributed by atoms with Crippen molar-refractivity contribution < 1.29 is 4.74 Å². The molecule has 1 atom stereocenters. The van der Waals surface area contributed by atoms with E-state index in [1.165, 1.54) is 19.3 Å². The summed E-state index contributed by atoms with van der Waals surface area (Å²) in [6, 6.07) is 6.39. The van der Waals surface area contributed by atoms with Crippen molar-refractivity contribution in [3.05, 3.63) is 28.8 Å². The maximum absolute atomic E-state index is 6.03. The number of benzene rings is 1. The zero-order chi connectivity index (χ0) is 13.2. The molecular formula is C15H22ClNO. The summed E-state index contributed by atoms with van der Waals surface area (Å²) in [4.78, 5) is 0. The topological polar surface area (TPSA) is 21.3 Å². The number of ether oxygens (including phenoxy) is 1. The highest BCUT2D eigenvalue weighted by molar-refractivity contribution is 6.30. The largest absolute Gasteiger partial charge is 0.496 e. The van der Waals surface area contributed by atoms with Gasteiger partial charge in [0.05, 0.1) is 7.11 Å². The van der Waals surface area contributed by atoms with Crippen molar-refractivity contribution in [1.82, 2.24) is 5.32 Å². The van der Waals surface area contributed by atoms with Crippen molar-refractivity contribution in [3.8, 4) is 5.75 Å². The van der Waals surface area contributed by atoms with Crippen LogP contribution >= 0.6 is 11.6 Å². The zero-order valence-electron chi connectivity index (χ0n) is 11.4. The van der Waals surface area contributed by atoms with Crippen LogP contribution in [0, 0.1) is 5.41 Å². The summed E-state index contributed by atoms with van der Waals surface area (Å²) in [7, 11) is 1.70. The summed E-state index contributed by atoms with van der Waals surface area (Å²) in [6.07, 6.45) is 3.81. The minimum Gasteiger partial charge on any atom is -0.496 e. The van der Waals surface area contributed by atoms with Crippen molar-refractivity contribution in [2.24, 2.45) is 5.41 Å². The molecule has 0 aliphatic heterocycles. The third kappa shape index (κ3) is 3.39. The molecule has 0 saturated heterocycles. The average molecular weight is 268 g/mol. The van der Waals surface area contributed by atoms with Gasteiger partial charge < -0.3 is 10.1 Å². The van der Waals surface area contributed by atoms with Gasteiger partial charge in [-0.25, -0.2) is 0 Å². The Morgan fingerprint density at radius 1 is 1.44 bits per heavy atom. The minimum absolute atomic E-state index is 0.482. The third-order valence-electron chi connectivity index (χ3n) is 3.79. The molecule has 1 aliphatic rings. The summed E-state index contributed by atoms with van der Waals surface area (Å²) < 4.78 is 5.36. The number of methoxy groups -OCH3 is 1. The molecule has 1 aromatic carbocycles. The van der Waals surface area contributed by atoms with E-state index >= 15 is 0 Å². The molecule has 1 fully saturated rings. The second kappa shape index (κ2) is 5.50. The first-order valence-electron chi connectivity index (χ1n) is 6.56. The smallest absolute Gasteiger partial charge is 0.123 e. The van der Waals surface area contributed by atoms with Crippen LogP contribution in [0.4, 0.5) is 0 Å². The van der Waals surface area contributed by atoms with E-state index in [0.717, 1.165) is 22.9 Å². The number of hydrogen-bond donors (Lipinski definition) is 1. The highest BCUT2D eigenvalue weighted by atomic mass is 35.5. The second-order valence-corrected chi connectivity index (χ2v) is 6.38. The van der Waals surface area contributed by atoms with Gasteiger partial charge in [-0.3, -0.25) is 0 Å². The molecule has 18 heavy (non-hydrogen) atoms. The zero-order valence-corrected chi connectivity index (χ0v) is 12.2. The van der Waals surface area contributed by atoms with Crippen molar-refractivity contribution in [3.63, 3.8) is 0 Å². The van der Waals surface area contributed by atoms with Gasteiger partial charge >= 0.3 is 0 Å². The average Bonchev–Trinajstić information content (AvgIpc) is 2.66. The van der Waals surface area contributed by atoms with Crippen LogP contribution in [-0.4, -0.2) is 13.2 Å². The van der Waals surface area contributed by atoms with Crippen molar-refractivity contribution in [2.45, 2.75) is 45.7 Å². The van der Waals surface area contributed by atoms with Gasteiger partial charge in [-0.05, 0) is 42.9 Å². The third-order valence-corrected chi connectivity index (χ3v) is 4.03. The number of hydrogen-bond acceptors (Lipinski definition) is 2. The first kappa shape index (κ1) is 13.7. The monoisotopic (exact) mass is 267 g/mol. The predicted octanol–water partition coefficient (Wildman–Crippen LogP) is 4.02. The molecule has 100 valence electrons. The Kier molecular flexibility index (Phi) is 4.18. The van der Waals surface area contributed by atoms with Gasteiger partial charge in [0.25, 0.3) is 0 Å². The molecular weight excluding hydrogens is 246 g/mol. The standard InChI is InChI=1S/C15H22ClNO/c1-15(2)7-6-13(9-15)17-10-11-8-12(16)4-5-14(11)18-3/h4-5,8,13,17H,6-7,9-10H2,1-3H3. The first-order valence-corrected chi connectivity index (χ1v) is 6.94. The molecule has 0 bridgehead atoms. The van der Waals surface area contributed by atoms with E-state index in [2.05, 4.69) is 19.2 Å². The SMILES string of the molecule is COc1ccc(Cl)cc1CNC1CCC(C)(C)C1. The van der Waals surface area contributed by atoms with Crippen LogP contribution in [0.1, 0.15) is 38.7 Å². The van der Waals surface area contributed by atoms with Crippen molar-refractivity contribution in [1.29, 1.82) is 0 Å². The molecule has 1 saturated carbocycles. The maximum atomic E-state index is 6.03. The molecule has 1 aliphatic carbocycles. The van der Waals surface area contributed by atoms with E-state index in [0.29, 0.717) is 11.5 Å². The van der Waals surface area contributed by atoms with Gasteiger partial charge in [-0.1, -0.05) is 25.4 Å². The van der Waals surface area contributed by atoms with Gasteiger partial charge in [0.2, 0.25) is 0 Å². The van der Waals surface area contributed by atoms with Gasteiger partial charge in [-0.2, -0.15) is 0 Å². The quantitative estimate of drug-likeness (QED) is 0.890. The van der Waals surface area contributed by atoms with E-state index in [9.17, 15) is 0 Å². The minimum atomic E-state index is 0.482. The van der Waals surface area contributed by atoms with Crippen LogP contribution in [0.2, 0.25) is 5.02 Å². The summed E-state index contributed by atoms with van der Waals surface area (Å²) >= 11 is 6.03. The fourth-order valence-corrected chi connectivity index (χ4v) is 2.94. The lowest BCUT2D eigenvalue weighted by Gasteiger charge is -2.18. The molecule has 2 nitrogen and oxygen atoms in total. The predicted molar refractivity (Wildman–Crippen MR) is 76.3 cm³/mol. The molecule has 2 rings (SSSR count). The molecule has 1 unspecified atom stereocenters. The number of rotatable bonds is 4. The van der Waals surface area contributed by atoms with E-state index in [1.54, 1.807) is 7.11 Å². The number of nitrogens with one attached hydrogen (secondary N) is 1. The molecule has 1 aromatic rings. The van der Waals surface area contributed by atoms with Crippen molar-refractivity contribution >= 4 is 11.6 Å². The van der Waals surface area contributed by atoms with Crippen LogP contribution < -0.4 is 10.1 Å². The summed E-state index contributed by atoms with van der Waals surface area (Å²) in [5.41, 5.74) is 1.62. The lowest BCUT2D eigenvalue weighted by molar-refractivity contribution is 0.362. The molecule has 0 amide bonds. The number of halogens is 1. The molecule has 0 radical (unpaired) electrons. The molecule has 3 heteroatoms. The Hall–Kier alpha value is -0.730. The Morgan fingerprint density at radius 3 is 2.83 bits per heavy atom. The molecule has 0 spiro atoms. The van der Waals surface area contributed by atoms with Crippen LogP contribution in [-0.2, 0) is 6.54 Å². The lowest BCUT2D eigenvalue weighted by Crippen LogP contribution is -2.27. The van der Waals surface area contributed by atoms with Gasteiger partial charge in [-0.15, -0.1) is 0 Å².